The molecule has 1 aromatic rings. The lowest BCUT2D eigenvalue weighted by atomic mass is 9.77. The van der Waals surface area contributed by atoms with Crippen LogP contribution in [0.25, 0.3) is 6.08 Å². The molecule has 4 heteroatoms. The van der Waals surface area contributed by atoms with Crippen molar-refractivity contribution in [1.29, 1.82) is 0 Å². The molecular formula is C16H22N2O2. The molecule has 4 nitrogen and oxygen atoms in total. The molecule has 1 amide bonds. The van der Waals surface area contributed by atoms with E-state index in [-0.39, 0.29) is 12.5 Å². The molecule has 0 spiro atoms. The van der Waals surface area contributed by atoms with Crippen LogP contribution in [0.3, 0.4) is 0 Å². The van der Waals surface area contributed by atoms with Crippen molar-refractivity contribution in [2.75, 3.05) is 6.61 Å². The highest BCUT2D eigenvalue weighted by molar-refractivity contribution is 5.92. The topological polar surface area (TPSA) is 62.2 Å². The molecule has 2 rings (SSSR count). The number of rotatable bonds is 4. The molecule has 0 saturated heterocycles. The van der Waals surface area contributed by atoms with E-state index in [2.05, 4.69) is 17.2 Å². The summed E-state index contributed by atoms with van der Waals surface area (Å²) in [7, 11) is 0. The van der Waals surface area contributed by atoms with Crippen LogP contribution in [0.5, 0.6) is 0 Å². The molecule has 2 N–H and O–H groups in total. The number of hydrogen-bond acceptors (Lipinski definition) is 3. The number of carbonyl (C=O) groups is 1. The van der Waals surface area contributed by atoms with E-state index in [9.17, 15) is 9.90 Å². The number of nitrogens with one attached hydrogen (secondary N) is 1. The maximum Gasteiger partial charge on any atom is 0.244 e. The maximum atomic E-state index is 12.0. The summed E-state index contributed by atoms with van der Waals surface area (Å²) >= 11 is 0. The maximum absolute atomic E-state index is 12.0. The average Bonchev–Trinajstić information content (AvgIpc) is 2.49. The Morgan fingerprint density at radius 3 is 2.90 bits per heavy atom. The van der Waals surface area contributed by atoms with Gasteiger partial charge >= 0.3 is 0 Å². The van der Waals surface area contributed by atoms with Gasteiger partial charge < -0.3 is 10.4 Å². The SMILES string of the molecule is CC1CCC(CO)(NC(=O)C=Cc2cccnc2)CC1. The smallest absolute Gasteiger partial charge is 0.244 e. The van der Waals surface area contributed by atoms with Crippen LogP contribution >= 0.6 is 0 Å². The van der Waals surface area contributed by atoms with Crippen molar-refractivity contribution in [2.45, 2.75) is 38.1 Å². The van der Waals surface area contributed by atoms with E-state index in [0.717, 1.165) is 31.2 Å². The van der Waals surface area contributed by atoms with Gasteiger partial charge in [0.1, 0.15) is 0 Å². The highest BCUT2D eigenvalue weighted by atomic mass is 16.3. The van der Waals surface area contributed by atoms with Crippen molar-refractivity contribution in [3.8, 4) is 0 Å². The van der Waals surface area contributed by atoms with Gasteiger partial charge in [-0.2, -0.15) is 0 Å². The van der Waals surface area contributed by atoms with Crippen LogP contribution in [0.2, 0.25) is 0 Å². The lowest BCUT2D eigenvalue weighted by Gasteiger charge is -2.38. The van der Waals surface area contributed by atoms with E-state index in [1.807, 2.05) is 12.1 Å². The average molecular weight is 274 g/mol. The number of aliphatic hydroxyl groups excluding tert-OH is 1. The van der Waals surface area contributed by atoms with Gasteiger partial charge in [-0.1, -0.05) is 13.0 Å². The summed E-state index contributed by atoms with van der Waals surface area (Å²) in [6.07, 6.45) is 10.4. The summed E-state index contributed by atoms with van der Waals surface area (Å²) in [5.74, 6) is 0.523. The van der Waals surface area contributed by atoms with Gasteiger partial charge in [-0.15, -0.1) is 0 Å². The second-order valence-electron chi connectivity index (χ2n) is 5.73. The second kappa shape index (κ2) is 6.66. The molecule has 0 radical (unpaired) electrons. The van der Waals surface area contributed by atoms with Gasteiger partial charge in [0.25, 0.3) is 0 Å². The van der Waals surface area contributed by atoms with Crippen molar-refractivity contribution < 1.29 is 9.90 Å². The second-order valence-corrected chi connectivity index (χ2v) is 5.73. The molecule has 0 atom stereocenters. The third kappa shape index (κ3) is 3.90. The summed E-state index contributed by atoms with van der Waals surface area (Å²) in [5.41, 5.74) is 0.445. The first kappa shape index (κ1) is 14.7. The van der Waals surface area contributed by atoms with Crippen LogP contribution in [0.1, 0.15) is 38.2 Å². The van der Waals surface area contributed by atoms with Gasteiger partial charge in [-0.05, 0) is 49.3 Å². The van der Waals surface area contributed by atoms with Crippen molar-refractivity contribution in [1.82, 2.24) is 10.3 Å². The van der Waals surface area contributed by atoms with Gasteiger partial charge in [-0.3, -0.25) is 9.78 Å². The van der Waals surface area contributed by atoms with Crippen LogP contribution in [0.4, 0.5) is 0 Å². The summed E-state index contributed by atoms with van der Waals surface area (Å²) in [4.78, 5) is 16.0. The van der Waals surface area contributed by atoms with Crippen molar-refractivity contribution in [2.24, 2.45) is 5.92 Å². The highest BCUT2D eigenvalue weighted by Gasteiger charge is 2.34. The summed E-state index contributed by atoms with van der Waals surface area (Å²) in [6.45, 7) is 2.22. The fourth-order valence-corrected chi connectivity index (χ4v) is 2.59. The normalized spacial score (nSPS) is 26.6. The zero-order valence-electron chi connectivity index (χ0n) is 11.9. The minimum atomic E-state index is -0.442. The predicted molar refractivity (Wildman–Crippen MR) is 78.9 cm³/mol. The molecule has 0 aliphatic heterocycles. The molecule has 108 valence electrons. The van der Waals surface area contributed by atoms with Crippen LogP contribution in [-0.4, -0.2) is 28.1 Å². The molecule has 0 unspecified atom stereocenters. The third-order valence-electron chi connectivity index (χ3n) is 4.03. The number of aliphatic hydroxyl groups is 1. The van der Waals surface area contributed by atoms with Crippen molar-refractivity contribution in [3.05, 3.63) is 36.2 Å². The van der Waals surface area contributed by atoms with Crippen molar-refractivity contribution >= 4 is 12.0 Å². The van der Waals surface area contributed by atoms with Gasteiger partial charge in [-0.25, -0.2) is 0 Å². The Balaban J connectivity index is 1.94. The van der Waals surface area contributed by atoms with Crippen LogP contribution < -0.4 is 5.32 Å². The molecule has 1 heterocycles. The minimum absolute atomic E-state index is 0.00614. The first-order valence-electron chi connectivity index (χ1n) is 7.15. The van der Waals surface area contributed by atoms with Crippen molar-refractivity contribution in [3.63, 3.8) is 0 Å². The minimum Gasteiger partial charge on any atom is -0.394 e. The lowest BCUT2D eigenvalue weighted by molar-refractivity contribution is -0.119. The monoisotopic (exact) mass is 274 g/mol. The number of nitrogens with zero attached hydrogens (tertiary/aromatic N) is 1. The van der Waals surface area contributed by atoms with Crippen LogP contribution in [-0.2, 0) is 4.79 Å². The Morgan fingerprint density at radius 1 is 1.55 bits per heavy atom. The van der Waals surface area contributed by atoms with Gasteiger partial charge in [0.2, 0.25) is 5.91 Å². The molecule has 0 bridgehead atoms. The summed E-state index contributed by atoms with van der Waals surface area (Å²) < 4.78 is 0. The van der Waals surface area contributed by atoms with Crippen LogP contribution in [0, 0.1) is 5.92 Å². The third-order valence-corrected chi connectivity index (χ3v) is 4.03. The molecule has 20 heavy (non-hydrogen) atoms. The van der Waals surface area contributed by atoms with E-state index < -0.39 is 5.54 Å². The van der Waals surface area contributed by atoms with E-state index in [0.29, 0.717) is 5.92 Å². The molecule has 1 fully saturated rings. The quantitative estimate of drug-likeness (QED) is 0.827. The largest absolute Gasteiger partial charge is 0.394 e. The first-order valence-corrected chi connectivity index (χ1v) is 7.15. The Bertz CT molecular complexity index is 463. The zero-order chi connectivity index (χ0) is 14.4. The first-order chi connectivity index (χ1) is 9.63. The number of hydrogen-bond donors (Lipinski definition) is 2. The fourth-order valence-electron chi connectivity index (χ4n) is 2.59. The molecule has 1 aliphatic carbocycles. The van der Waals surface area contributed by atoms with Gasteiger partial charge in [0.05, 0.1) is 12.1 Å². The summed E-state index contributed by atoms with van der Waals surface area (Å²) in [5, 5.41) is 12.6. The van der Waals surface area contributed by atoms with E-state index in [4.69, 9.17) is 0 Å². The Morgan fingerprint density at radius 2 is 2.30 bits per heavy atom. The molecular weight excluding hydrogens is 252 g/mol. The lowest BCUT2D eigenvalue weighted by Crippen LogP contribution is -2.52. The number of carbonyl (C=O) groups excluding carboxylic acids is 1. The number of amides is 1. The Kier molecular flexibility index (Phi) is 4.90. The Labute approximate surface area is 119 Å². The van der Waals surface area contributed by atoms with E-state index >= 15 is 0 Å². The molecule has 1 aliphatic rings. The number of aromatic nitrogens is 1. The van der Waals surface area contributed by atoms with Crippen LogP contribution in [0.15, 0.2) is 30.6 Å². The van der Waals surface area contributed by atoms with E-state index in [1.165, 1.54) is 6.08 Å². The fraction of sp³-hybridized carbons (Fsp3) is 0.500. The molecule has 0 aromatic carbocycles. The number of pyridine rings is 1. The van der Waals surface area contributed by atoms with E-state index in [1.54, 1.807) is 18.5 Å². The highest BCUT2D eigenvalue weighted by Crippen LogP contribution is 2.31. The Hall–Kier alpha value is -1.68. The molecule has 1 saturated carbocycles. The van der Waals surface area contributed by atoms with Gasteiger partial charge in [0.15, 0.2) is 0 Å². The predicted octanol–water partition coefficient (Wildman–Crippen LogP) is 2.15. The standard InChI is InChI=1S/C16H22N2O2/c1-13-6-8-16(12-19,9-7-13)18-15(20)5-4-14-3-2-10-17-11-14/h2-5,10-11,13,19H,6-9,12H2,1H3,(H,18,20). The summed E-state index contributed by atoms with van der Waals surface area (Å²) in [6, 6.07) is 3.72. The molecule has 1 aromatic heterocycles. The zero-order valence-corrected chi connectivity index (χ0v) is 11.9. The van der Waals surface area contributed by atoms with Gasteiger partial charge in [0, 0.05) is 18.5 Å².